The van der Waals surface area contributed by atoms with E-state index in [2.05, 4.69) is 20.2 Å². The van der Waals surface area contributed by atoms with Crippen LogP contribution in [-0.4, -0.2) is 42.7 Å². The quantitative estimate of drug-likeness (QED) is 0.343. The highest BCUT2D eigenvalue weighted by Gasteiger charge is 2.13. The predicted molar refractivity (Wildman–Crippen MR) is 119 cm³/mol. The van der Waals surface area contributed by atoms with Crippen LogP contribution in [0.15, 0.2) is 69.6 Å². The van der Waals surface area contributed by atoms with Gasteiger partial charge in [-0.05, 0) is 36.6 Å². The smallest absolute Gasteiger partial charge is 0.266 e. The molecule has 5 rings (SSSR count). The van der Waals surface area contributed by atoms with Gasteiger partial charge in [0.1, 0.15) is 5.75 Å². The Labute approximate surface area is 179 Å². The van der Waals surface area contributed by atoms with Gasteiger partial charge in [0.15, 0.2) is 0 Å². The number of H-pyrrole nitrogens is 1. The Morgan fingerprint density at radius 3 is 2.32 bits per heavy atom. The number of fused-ring (bicyclic) bond motifs is 2. The summed E-state index contributed by atoms with van der Waals surface area (Å²) >= 11 is 1.37. The number of hydrogen-bond acceptors (Lipinski definition) is 7. The number of aromatic nitrogens is 6. The Morgan fingerprint density at radius 1 is 0.935 bits per heavy atom. The Hall–Kier alpha value is -3.92. The molecule has 0 bridgehead atoms. The normalized spacial score (nSPS) is 11.3. The molecule has 0 aliphatic heterocycles. The minimum absolute atomic E-state index is 0.278. The fraction of sp³-hybridized carbons (Fsp3) is 0.0952. The van der Waals surface area contributed by atoms with E-state index in [0.29, 0.717) is 44.3 Å². The number of nitrogens with zero attached hydrogens (tertiary/aromatic N) is 5. The fourth-order valence-corrected chi connectivity index (χ4v) is 3.71. The molecular weight excluding hydrogens is 416 g/mol. The summed E-state index contributed by atoms with van der Waals surface area (Å²) in [4.78, 5) is 35.1. The molecule has 0 aliphatic rings. The van der Waals surface area contributed by atoms with Gasteiger partial charge in [-0.1, -0.05) is 17.8 Å². The lowest BCUT2D eigenvalue weighted by Gasteiger charge is -2.09. The number of ether oxygens (including phenoxy) is 1. The van der Waals surface area contributed by atoms with Gasteiger partial charge >= 0.3 is 0 Å². The Bertz CT molecular complexity index is 1570. The molecule has 4 aromatic heterocycles. The van der Waals surface area contributed by atoms with Crippen LogP contribution < -0.4 is 15.9 Å². The lowest BCUT2D eigenvalue weighted by atomic mass is 10.2. The summed E-state index contributed by atoms with van der Waals surface area (Å²) in [5.74, 6) is 0.943. The standard InChI is InChI=1S/C21H16N6O3S/c1-30-13-5-3-4-12(10-13)26-8-6-16-14(18(26)28)11-15-17(22-16)7-9-27(19(15)29)20-23-21(31-2)25-24-20/h3-11H,1-2H3,(H,23,24,25). The van der Waals surface area contributed by atoms with E-state index in [9.17, 15) is 9.59 Å². The number of rotatable bonds is 4. The second kappa shape index (κ2) is 7.40. The molecule has 0 atom stereocenters. The molecule has 0 fully saturated rings. The van der Waals surface area contributed by atoms with Gasteiger partial charge in [-0.3, -0.25) is 18.7 Å². The number of pyridine rings is 3. The zero-order valence-corrected chi connectivity index (χ0v) is 17.4. The molecule has 0 unspecified atom stereocenters. The summed E-state index contributed by atoms with van der Waals surface area (Å²) in [5.41, 5.74) is 1.05. The second-order valence-electron chi connectivity index (χ2n) is 6.68. The fourth-order valence-electron chi connectivity index (χ4n) is 3.39. The average Bonchev–Trinajstić information content (AvgIpc) is 3.28. The molecule has 4 heterocycles. The van der Waals surface area contributed by atoms with Crippen LogP contribution >= 0.6 is 11.8 Å². The monoisotopic (exact) mass is 432 g/mol. The number of aromatic amines is 1. The molecule has 5 aromatic rings. The van der Waals surface area contributed by atoms with Crippen molar-refractivity contribution in [2.45, 2.75) is 5.16 Å². The third-order valence-corrected chi connectivity index (χ3v) is 5.49. The minimum Gasteiger partial charge on any atom is -0.497 e. The highest BCUT2D eigenvalue weighted by atomic mass is 32.2. The lowest BCUT2D eigenvalue weighted by molar-refractivity contribution is 0.414. The third-order valence-electron chi connectivity index (χ3n) is 4.94. The molecule has 0 saturated carbocycles. The number of benzene rings is 1. The van der Waals surface area contributed by atoms with Crippen molar-refractivity contribution in [3.63, 3.8) is 0 Å². The van der Waals surface area contributed by atoms with Gasteiger partial charge < -0.3 is 4.74 Å². The van der Waals surface area contributed by atoms with Gasteiger partial charge in [-0.25, -0.2) is 10.1 Å². The van der Waals surface area contributed by atoms with Crippen molar-refractivity contribution in [1.29, 1.82) is 0 Å². The number of nitrogens with one attached hydrogen (secondary N) is 1. The van der Waals surface area contributed by atoms with Gasteiger partial charge in [-0.15, -0.1) is 5.10 Å². The molecular formula is C21H16N6O3S. The van der Waals surface area contributed by atoms with Crippen molar-refractivity contribution >= 4 is 33.6 Å². The first kappa shape index (κ1) is 19.1. The lowest BCUT2D eigenvalue weighted by Crippen LogP contribution is -2.21. The van der Waals surface area contributed by atoms with Crippen LogP contribution in [0, 0.1) is 0 Å². The first-order valence-electron chi connectivity index (χ1n) is 9.28. The maximum Gasteiger partial charge on any atom is 0.266 e. The molecule has 10 heteroatoms. The number of thioether (sulfide) groups is 1. The molecule has 0 spiro atoms. The molecule has 1 N–H and O–H groups in total. The minimum atomic E-state index is -0.341. The van der Waals surface area contributed by atoms with Crippen LogP contribution in [0.4, 0.5) is 0 Å². The Balaban J connectivity index is 1.73. The first-order valence-corrected chi connectivity index (χ1v) is 10.5. The SMILES string of the molecule is COc1cccc(-n2ccc3nc4ccn(-c5nc(SC)n[nH]5)c(=O)c4cc3c2=O)c1. The maximum absolute atomic E-state index is 13.2. The van der Waals surface area contributed by atoms with Crippen molar-refractivity contribution in [3.8, 4) is 17.4 Å². The molecule has 0 radical (unpaired) electrons. The zero-order chi connectivity index (χ0) is 21.5. The zero-order valence-electron chi connectivity index (χ0n) is 16.6. The molecule has 0 aliphatic carbocycles. The van der Waals surface area contributed by atoms with E-state index >= 15 is 0 Å². The highest BCUT2D eigenvalue weighted by Crippen LogP contribution is 2.19. The van der Waals surface area contributed by atoms with E-state index in [4.69, 9.17) is 4.74 Å². The second-order valence-corrected chi connectivity index (χ2v) is 7.46. The van der Waals surface area contributed by atoms with Gasteiger partial charge in [0.25, 0.3) is 11.1 Å². The van der Waals surface area contributed by atoms with Crippen molar-refractivity contribution in [2.75, 3.05) is 13.4 Å². The van der Waals surface area contributed by atoms with E-state index in [-0.39, 0.29) is 11.1 Å². The van der Waals surface area contributed by atoms with Crippen LogP contribution in [0.1, 0.15) is 0 Å². The summed E-state index contributed by atoms with van der Waals surface area (Å²) in [6, 6.07) is 12.2. The van der Waals surface area contributed by atoms with Gasteiger partial charge in [0.05, 0.1) is 34.6 Å². The summed E-state index contributed by atoms with van der Waals surface area (Å²) < 4.78 is 8.11. The van der Waals surface area contributed by atoms with E-state index < -0.39 is 0 Å². The van der Waals surface area contributed by atoms with Crippen molar-refractivity contribution in [1.82, 2.24) is 29.3 Å². The van der Waals surface area contributed by atoms with Crippen LogP contribution in [0.5, 0.6) is 5.75 Å². The molecule has 0 amide bonds. The van der Waals surface area contributed by atoms with Crippen molar-refractivity contribution in [2.24, 2.45) is 0 Å². The van der Waals surface area contributed by atoms with Gasteiger partial charge in [0, 0.05) is 18.5 Å². The first-order chi connectivity index (χ1) is 15.1. The molecule has 154 valence electrons. The average molecular weight is 432 g/mol. The van der Waals surface area contributed by atoms with Gasteiger partial charge in [-0.2, -0.15) is 4.98 Å². The van der Waals surface area contributed by atoms with Gasteiger partial charge in [0.2, 0.25) is 11.1 Å². The topological polar surface area (TPSA) is 108 Å². The van der Waals surface area contributed by atoms with Crippen LogP contribution in [0.25, 0.3) is 33.4 Å². The molecule has 9 nitrogen and oxygen atoms in total. The third kappa shape index (κ3) is 3.17. The largest absolute Gasteiger partial charge is 0.497 e. The predicted octanol–water partition coefficient (Wildman–Crippen LogP) is 2.54. The van der Waals surface area contributed by atoms with Crippen molar-refractivity contribution in [3.05, 3.63) is 75.6 Å². The molecule has 31 heavy (non-hydrogen) atoms. The van der Waals surface area contributed by atoms with E-state index in [1.807, 2.05) is 18.4 Å². The van der Waals surface area contributed by atoms with E-state index in [0.717, 1.165) is 0 Å². The summed E-state index contributed by atoms with van der Waals surface area (Å²) in [5, 5.41) is 7.98. The van der Waals surface area contributed by atoms with E-state index in [1.165, 1.54) is 20.9 Å². The Kier molecular flexibility index (Phi) is 4.55. The molecule has 0 saturated heterocycles. The van der Waals surface area contributed by atoms with E-state index in [1.54, 1.807) is 49.8 Å². The summed E-state index contributed by atoms with van der Waals surface area (Å²) in [6.07, 6.45) is 5.10. The summed E-state index contributed by atoms with van der Waals surface area (Å²) in [6.45, 7) is 0. The van der Waals surface area contributed by atoms with Crippen LogP contribution in [0.2, 0.25) is 0 Å². The summed E-state index contributed by atoms with van der Waals surface area (Å²) in [7, 11) is 1.57. The number of methoxy groups -OCH3 is 1. The Morgan fingerprint density at radius 2 is 1.65 bits per heavy atom. The highest BCUT2D eigenvalue weighted by molar-refractivity contribution is 7.98. The molecule has 1 aromatic carbocycles. The van der Waals surface area contributed by atoms with Crippen LogP contribution in [0.3, 0.4) is 0 Å². The van der Waals surface area contributed by atoms with Crippen molar-refractivity contribution < 1.29 is 4.74 Å². The number of hydrogen-bond donors (Lipinski definition) is 1. The maximum atomic E-state index is 13.2. The van der Waals surface area contributed by atoms with Crippen LogP contribution in [-0.2, 0) is 0 Å².